The van der Waals surface area contributed by atoms with Gasteiger partial charge in [-0.25, -0.2) is 9.18 Å². The molecule has 2 saturated heterocycles. The van der Waals surface area contributed by atoms with Crippen molar-refractivity contribution in [1.82, 2.24) is 24.9 Å². The number of piperidine rings is 1. The number of likely N-dealkylation sites (tertiary alicyclic amines) is 1. The molecule has 2 saturated carbocycles. The van der Waals surface area contributed by atoms with Gasteiger partial charge in [0.15, 0.2) is 6.10 Å². The van der Waals surface area contributed by atoms with Crippen LogP contribution in [-0.4, -0.2) is 93.1 Å². The Labute approximate surface area is 332 Å². The van der Waals surface area contributed by atoms with Crippen LogP contribution in [0, 0.1) is 23.6 Å². The maximum atomic E-state index is 16.3. The molecule has 8 rings (SSSR count). The van der Waals surface area contributed by atoms with E-state index in [4.69, 9.17) is 14.2 Å². The molecule has 0 radical (unpaired) electrons. The molecule has 4 atom stereocenters. The second-order valence-corrected chi connectivity index (χ2v) is 16.2. The Morgan fingerprint density at radius 1 is 1.03 bits per heavy atom. The highest BCUT2D eigenvalue weighted by Gasteiger charge is 2.53. The molecule has 2 N–H and O–H groups in total. The minimum atomic E-state index is -4.77. The summed E-state index contributed by atoms with van der Waals surface area (Å²) < 4.78 is 77.2. The second kappa shape index (κ2) is 15.5. The van der Waals surface area contributed by atoms with E-state index < -0.39 is 72.2 Å². The number of nitrogens with one attached hydrogen (secondary N) is 2. The predicted octanol–water partition coefficient (Wildman–Crippen LogP) is 5.91. The highest BCUT2D eigenvalue weighted by Crippen LogP contribution is 2.52. The highest BCUT2D eigenvalue weighted by molar-refractivity contribution is 6.01. The lowest BCUT2D eigenvalue weighted by Gasteiger charge is -2.50. The third-order valence-electron chi connectivity index (χ3n) is 12.2. The lowest BCUT2D eigenvalue weighted by molar-refractivity contribution is -0.250. The molecule has 4 fully saturated rings. The Balaban J connectivity index is 1.07. The van der Waals surface area contributed by atoms with E-state index in [9.17, 15) is 32.3 Å². The zero-order valence-corrected chi connectivity index (χ0v) is 32.2. The number of aryl methyl sites for hydroxylation is 1. The zero-order chi connectivity index (χ0) is 40.9. The Kier molecular flexibility index (Phi) is 10.6. The molecule has 1 unspecified atom stereocenters. The third-order valence-corrected chi connectivity index (χ3v) is 12.2. The van der Waals surface area contributed by atoms with Crippen LogP contribution in [0.25, 0.3) is 0 Å². The number of amides is 4. The molecule has 5 aliphatic rings. The van der Waals surface area contributed by atoms with Crippen LogP contribution in [0.1, 0.15) is 79.5 Å². The minimum absolute atomic E-state index is 0.0215. The number of carbonyl (C=O) groups is 4. The van der Waals surface area contributed by atoms with Gasteiger partial charge in [0.25, 0.3) is 11.8 Å². The number of halogens is 4. The molecule has 310 valence electrons. The van der Waals surface area contributed by atoms with Crippen molar-refractivity contribution in [3.8, 4) is 5.75 Å². The average Bonchev–Trinajstić information content (AvgIpc) is 4.15. The van der Waals surface area contributed by atoms with Crippen LogP contribution in [-0.2, 0) is 32.7 Å². The van der Waals surface area contributed by atoms with Crippen LogP contribution < -0.4 is 15.4 Å². The molecular weight excluding hydrogens is 764 g/mol. The topological polar surface area (TPSA) is 144 Å². The molecule has 58 heavy (non-hydrogen) atoms. The van der Waals surface area contributed by atoms with Gasteiger partial charge in [0.2, 0.25) is 5.91 Å². The van der Waals surface area contributed by atoms with Crippen LogP contribution in [0.4, 0.5) is 28.0 Å². The van der Waals surface area contributed by atoms with E-state index in [1.165, 1.54) is 34.8 Å². The first-order chi connectivity index (χ1) is 27.7. The number of alkyl halides is 3. The van der Waals surface area contributed by atoms with Gasteiger partial charge in [0.1, 0.15) is 41.6 Å². The fraction of sp³-hybridized carbons (Fsp3) is 0.537. The first kappa shape index (κ1) is 39.6. The van der Waals surface area contributed by atoms with Crippen LogP contribution in [0.5, 0.6) is 5.75 Å². The van der Waals surface area contributed by atoms with Crippen LogP contribution in [0.15, 0.2) is 54.7 Å². The summed E-state index contributed by atoms with van der Waals surface area (Å²) >= 11 is 0. The quantitative estimate of drug-likeness (QED) is 0.241. The number of nitrogens with zero attached hydrogens (tertiary/aromatic N) is 4. The van der Waals surface area contributed by atoms with Crippen molar-refractivity contribution in [2.24, 2.45) is 24.8 Å². The summed E-state index contributed by atoms with van der Waals surface area (Å²) in [6.45, 7) is 0.872. The Morgan fingerprint density at radius 3 is 2.34 bits per heavy atom. The SMILES string of the molecule is C[C@H]1O[C@H](C(F)(F)F)CN(C2CC3(CCN(C(=O)OCc4ccccc4)CC3)Oc3cc(NC(=O)[C@@H](NC(=O)c4ccnn4C)C(C4CC4)C4CC4)c(F)cc32)C1=O. The van der Waals surface area contributed by atoms with E-state index in [1.807, 2.05) is 30.3 Å². The lowest BCUT2D eigenvalue weighted by atomic mass is 9.79. The Bertz CT molecular complexity index is 2030. The first-order valence-electron chi connectivity index (χ1n) is 19.8. The number of aromatic nitrogens is 2. The minimum Gasteiger partial charge on any atom is -0.487 e. The number of fused-ring (bicyclic) bond motifs is 1. The maximum absolute atomic E-state index is 16.3. The molecule has 2 aromatic carbocycles. The van der Waals surface area contributed by atoms with Crippen molar-refractivity contribution in [3.63, 3.8) is 0 Å². The van der Waals surface area contributed by atoms with Crippen molar-refractivity contribution >= 4 is 29.5 Å². The van der Waals surface area contributed by atoms with Gasteiger partial charge in [-0.1, -0.05) is 30.3 Å². The molecule has 4 amide bonds. The number of hydrogen-bond acceptors (Lipinski definition) is 8. The van der Waals surface area contributed by atoms with E-state index in [-0.39, 0.29) is 79.4 Å². The molecule has 3 aromatic rings. The number of hydrogen-bond donors (Lipinski definition) is 2. The second-order valence-electron chi connectivity index (χ2n) is 16.2. The van der Waals surface area contributed by atoms with Crippen molar-refractivity contribution in [2.75, 3.05) is 25.0 Å². The van der Waals surface area contributed by atoms with Crippen LogP contribution >= 0.6 is 0 Å². The molecule has 0 bridgehead atoms. The Hall–Kier alpha value is -5.19. The molecule has 13 nitrogen and oxygen atoms in total. The van der Waals surface area contributed by atoms with Crippen molar-refractivity contribution in [1.29, 1.82) is 0 Å². The highest BCUT2D eigenvalue weighted by atomic mass is 19.4. The van der Waals surface area contributed by atoms with E-state index in [0.29, 0.717) is 0 Å². The van der Waals surface area contributed by atoms with E-state index in [1.54, 1.807) is 7.05 Å². The summed E-state index contributed by atoms with van der Waals surface area (Å²) in [6, 6.07) is 11.1. The molecule has 17 heteroatoms. The summed E-state index contributed by atoms with van der Waals surface area (Å²) in [5, 5.41) is 9.66. The van der Waals surface area contributed by atoms with E-state index in [0.717, 1.165) is 42.2 Å². The van der Waals surface area contributed by atoms with E-state index >= 15 is 4.39 Å². The summed E-state index contributed by atoms with van der Waals surface area (Å²) in [4.78, 5) is 56.9. The summed E-state index contributed by atoms with van der Waals surface area (Å²) in [6.07, 6.45) is -3.41. The third kappa shape index (κ3) is 8.22. The number of rotatable bonds is 10. The predicted molar refractivity (Wildman–Crippen MR) is 199 cm³/mol. The van der Waals surface area contributed by atoms with Crippen LogP contribution in [0.2, 0.25) is 0 Å². The average molecular weight is 811 g/mol. The summed E-state index contributed by atoms with van der Waals surface area (Å²) in [5.41, 5.74) is -0.118. The fourth-order valence-electron chi connectivity index (χ4n) is 8.80. The number of anilines is 1. The number of morpholine rings is 1. The van der Waals surface area contributed by atoms with Gasteiger partial charge in [-0.05, 0) is 68.1 Å². The van der Waals surface area contributed by atoms with Gasteiger partial charge in [-0.3, -0.25) is 19.1 Å². The van der Waals surface area contributed by atoms with Gasteiger partial charge < -0.3 is 34.6 Å². The largest absolute Gasteiger partial charge is 0.487 e. The zero-order valence-electron chi connectivity index (χ0n) is 32.2. The molecule has 3 aliphatic heterocycles. The van der Waals surface area contributed by atoms with Crippen molar-refractivity contribution in [2.45, 2.75) is 94.5 Å². The van der Waals surface area contributed by atoms with Gasteiger partial charge >= 0.3 is 12.3 Å². The smallest absolute Gasteiger partial charge is 0.416 e. The fourth-order valence-corrected chi connectivity index (χ4v) is 8.80. The van der Waals surface area contributed by atoms with Gasteiger partial charge in [-0.2, -0.15) is 18.3 Å². The van der Waals surface area contributed by atoms with Gasteiger partial charge in [0, 0.05) is 57.2 Å². The first-order valence-corrected chi connectivity index (χ1v) is 19.8. The number of benzene rings is 2. The van der Waals surface area contributed by atoms with Gasteiger partial charge in [0.05, 0.1) is 18.3 Å². The maximum Gasteiger partial charge on any atom is 0.416 e. The number of ether oxygens (including phenoxy) is 3. The molecular formula is C41H46F4N6O7. The summed E-state index contributed by atoms with van der Waals surface area (Å²) in [5.74, 6) is -2.32. The van der Waals surface area contributed by atoms with Crippen molar-refractivity contribution < 1.29 is 51.0 Å². The van der Waals surface area contributed by atoms with E-state index in [2.05, 4.69) is 15.7 Å². The molecule has 1 spiro atoms. The van der Waals surface area contributed by atoms with Crippen molar-refractivity contribution in [3.05, 3.63) is 77.4 Å². The molecule has 2 aliphatic carbocycles. The Morgan fingerprint density at radius 2 is 1.72 bits per heavy atom. The van der Waals surface area contributed by atoms with Gasteiger partial charge in [-0.15, -0.1) is 0 Å². The number of carbonyl (C=O) groups excluding carboxylic acids is 4. The standard InChI is InChI=1S/C41H46F4N6O7/c1-23-38(54)51(21-33(57-23)41(43,44)45)31-20-40(13-16-50(17-14-40)39(55)56-22-24-6-4-3-5-7-24)58-32-19-29(28(42)18-27(31)32)47-37(53)35(34(25-8-9-25)26-10-11-26)48-36(52)30-12-15-46-49(30)2/h3-7,12,15,18-19,23,25-26,31,33-35H,8-11,13-14,16-17,20-22H2,1-2H3,(H,47,53)(H,48,52)/t23-,31?,33+,35+/m1/s1. The normalized spacial score (nSPS) is 23.6. The molecule has 1 aromatic heterocycles. The molecule has 4 heterocycles. The van der Waals surface area contributed by atoms with Crippen LogP contribution in [0.3, 0.4) is 0 Å². The monoisotopic (exact) mass is 810 g/mol. The lowest BCUT2D eigenvalue weighted by Crippen LogP contribution is -2.59. The summed E-state index contributed by atoms with van der Waals surface area (Å²) in [7, 11) is 1.61.